The normalized spacial score (nSPS) is 18.2. The van der Waals surface area contributed by atoms with E-state index >= 15 is 0 Å². The molecule has 124 valence electrons. The minimum Gasteiger partial charge on any atom is -0.485 e. The molecule has 0 aliphatic carbocycles. The third kappa shape index (κ3) is 5.10. The van der Waals surface area contributed by atoms with Crippen LogP contribution < -0.4 is 4.74 Å². The van der Waals surface area contributed by atoms with Crippen molar-refractivity contribution in [1.29, 1.82) is 5.26 Å². The molecule has 0 spiro atoms. The lowest BCUT2D eigenvalue weighted by atomic mass is 10.1. The van der Waals surface area contributed by atoms with Gasteiger partial charge in [0.15, 0.2) is 11.4 Å². The van der Waals surface area contributed by atoms with Crippen LogP contribution in [0.1, 0.15) is 39.3 Å². The van der Waals surface area contributed by atoms with Crippen LogP contribution in [0.3, 0.4) is 0 Å². The van der Waals surface area contributed by atoms with Crippen LogP contribution >= 0.6 is 15.9 Å². The van der Waals surface area contributed by atoms with Crippen LogP contribution in [-0.4, -0.2) is 40.8 Å². The quantitative estimate of drug-likeness (QED) is 0.783. The van der Waals surface area contributed by atoms with Crippen LogP contribution in [0, 0.1) is 11.3 Å². The van der Waals surface area contributed by atoms with Gasteiger partial charge in [0.25, 0.3) is 0 Å². The molecule has 1 saturated heterocycles. The minimum atomic E-state index is -0.521. The Bertz CT molecular complexity index is 622. The molecule has 0 aromatic carbocycles. The summed E-state index contributed by atoms with van der Waals surface area (Å²) in [4.78, 5) is 17.8. The van der Waals surface area contributed by atoms with Gasteiger partial charge in [-0.2, -0.15) is 5.26 Å². The Morgan fingerprint density at radius 2 is 2.26 bits per heavy atom. The number of rotatable bonds is 2. The maximum Gasteiger partial charge on any atom is 0.410 e. The molecule has 0 N–H and O–H groups in total. The van der Waals surface area contributed by atoms with Gasteiger partial charge < -0.3 is 14.4 Å². The molecule has 1 amide bonds. The number of ether oxygens (including phenoxy) is 2. The summed E-state index contributed by atoms with van der Waals surface area (Å²) in [6.45, 7) is 6.61. The number of carbonyl (C=O) groups is 1. The predicted octanol–water partition coefficient (Wildman–Crippen LogP) is 3.49. The molecule has 1 aliphatic rings. The van der Waals surface area contributed by atoms with Crippen LogP contribution in [0.15, 0.2) is 16.7 Å². The second kappa shape index (κ2) is 7.18. The number of halogens is 1. The van der Waals surface area contributed by atoms with E-state index in [1.54, 1.807) is 17.2 Å². The Morgan fingerprint density at radius 3 is 2.91 bits per heavy atom. The third-order valence-electron chi connectivity index (χ3n) is 3.25. The molecule has 7 heteroatoms. The first-order valence-corrected chi connectivity index (χ1v) is 8.28. The Labute approximate surface area is 144 Å². The molecule has 0 radical (unpaired) electrons. The molecular formula is C16H20BrN3O3. The summed E-state index contributed by atoms with van der Waals surface area (Å²) >= 11 is 3.32. The van der Waals surface area contributed by atoms with Crippen molar-refractivity contribution in [2.75, 3.05) is 13.1 Å². The van der Waals surface area contributed by atoms with E-state index in [1.165, 1.54) is 0 Å². The Balaban J connectivity index is 2.03. The first-order chi connectivity index (χ1) is 10.8. The molecule has 0 saturated carbocycles. The Kier molecular flexibility index (Phi) is 5.47. The predicted molar refractivity (Wildman–Crippen MR) is 88.1 cm³/mol. The lowest BCUT2D eigenvalue weighted by Gasteiger charge is -2.34. The van der Waals surface area contributed by atoms with Crippen LogP contribution in [0.25, 0.3) is 0 Å². The van der Waals surface area contributed by atoms with E-state index < -0.39 is 5.60 Å². The van der Waals surface area contributed by atoms with Crippen molar-refractivity contribution in [3.05, 3.63) is 22.4 Å². The topological polar surface area (TPSA) is 75.4 Å². The Hall–Kier alpha value is -1.81. The van der Waals surface area contributed by atoms with Crippen LogP contribution in [0.5, 0.6) is 5.75 Å². The zero-order valence-corrected chi connectivity index (χ0v) is 15.1. The number of likely N-dealkylation sites (tertiary alicyclic amines) is 1. The van der Waals surface area contributed by atoms with E-state index in [-0.39, 0.29) is 17.9 Å². The van der Waals surface area contributed by atoms with E-state index in [2.05, 4.69) is 20.9 Å². The highest BCUT2D eigenvalue weighted by Crippen LogP contribution is 2.25. The van der Waals surface area contributed by atoms with Crippen molar-refractivity contribution < 1.29 is 14.3 Å². The average molecular weight is 382 g/mol. The van der Waals surface area contributed by atoms with Gasteiger partial charge in [-0.1, -0.05) is 0 Å². The number of hydrogen-bond acceptors (Lipinski definition) is 5. The number of nitrogens with zero attached hydrogens (tertiary/aromatic N) is 3. The average Bonchev–Trinajstić information content (AvgIpc) is 2.46. The summed E-state index contributed by atoms with van der Waals surface area (Å²) in [6, 6.07) is 3.74. The van der Waals surface area contributed by atoms with Gasteiger partial charge in [-0.3, -0.25) is 0 Å². The minimum absolute atomic E-state index is 0.181. The first kappa shape index (κ1) is 17.5. The number of carbonyl (C=O) groups excluding carboxylic acids is 1. The monoisotopic (exact) mass is 381 g/mol. The molecule has 0 unspecified atom stereocenters. The number of hydrogen-bond donors (Lipinski definition) is 0. The van der Waals surface area contributed by atoms with Crippen molar-refractivity contribution >= 4 is 22.0 Å². The first-order valence-electron chi connectivity index (χ1n) is 7.49. The van der Waals surface area contributed by atoms with Gasteiger partial charge in [0.1, 0.15) is 17.8 Å². The zero-order valence-electron chi connectivity index (χ0n) is 13.5. The smallest absolute Gasteiger partial charge is 0.410 e. The number of amides is 1. The van der Waals surface area contributed by atoms with Crippen LogP contribution in [0.4, 0.5) is 4.79 Å². The summed E-state index contributed by atoms with van der Waals surface area (Å²) in [5, 5.41) is 9.11. The maximum absolute atomic E-state index is 12.2. The highest BCUT2D eigenvalue weighted by molar-refractivity contribution is 9.10. The third-order valence-corrected chi connectivity index (χ3v) is 3.68. The summed E-state index contributed by atoms with van der Waals surface area (Å²) in [7, 11) is 0. The van der Waals surface area contributed by atoms with Crippen molar-refractivity contribution in [3.63, 3.8) is 0 Å². The number of aromatic nitrogens is 1. The van der Waals surface area contributed by atoms with Crippen molar-refractivity contribution in [2.45, 2.75) is 45.3 Å². The highest BCUT2D eigenvalue weighted by atomic mass is 79.9. The van der Waals surface area contributed by atoms with Crippen molar-refractivity contribution in [1.82, 2.24) is 9.88 Å². The number of piperidine rings is 1. The molecule has 2 rings (SSSR count). The summed E-state index contributed by atoms with van der Waals surface area (Å²) in [5.41, 5.74) is -0.282. The molecule has 1 fully saturated rings. The second-order valence-corrected chi connectivity index (χ2v) is 7.34. The lowest BCUT2D eigenvalue weighted by Crippen LogP contribution is -2.46. The second-order valence-electron chi connectivity index (χ2n) is 6.42. The van der Waals surface area contributed by atoms with Gasteiger partial charge in [-0.05, 0) is 55.6 Å². The van der Waals surface area contributed by atoms with E-state index in [4.69, 9.17) is 14.7 Å². The van der Waals surface area contributed by atoms with Gasteiger partial charge in [-0.15, -0.1) is 0 Å². The van der Waals surface area contributed by atoms with Crippen LogP contribution in [-0.2, 0) is 4.74 Å². The molecule has 1 atom stereocenters. The standard InChI is InChI=1S/C16H20BrN3O3/c1-16(2,3)23-15(21)20-6-4-5-12(10-20)22-14-7-11(17)9-19-13(14)8-18/h7,9,12H,4-6,10H2,1-3H3/t12-/m1/s1. The molecule has 0 bridgehead atoms. The summed E-state index contributed by atoms with van der Waals surface area (Å²) in [5.74, 6) is 0.429. The lowest BCUT2D eigenvalue weighted by molar-refractivity contribution is 0.00768. The van der Waals surface area contributed by atoms with E-state index in [1.807, 2.05) is 26.8 Å². The van der Waals surface area contributed by atoms with Crippen molar-refractivity contribution in [3.8, 4) is 11.8 Å². The molecular weight excluding hydrogens is 362 g/mol. The molecule has 2 heterocycles. The fourth-order valence-electron chi connectivity index (χ4n) is 2.30. The van der Waals surface area contributed by atoms with E-state index in [0.717, 1.165) is 17.3 Å². The SMILES string of the molecule is CC(C)(C)OC(=O)N1CCC[C@@H](Oc2cc(Br)cnc2C#N)C1. The summed E-state index contributed by atoms with van der Waals surface area (Å²) < 4.78 is 12.0. The van der Waals surface area contributed by atoms with Gasteiger partial charge in [0.2, 0.25) is 0 Å². The van der Waals surface area contributed by atoms with E-state index in [0.29, 0.717) is 18.8 Å². The summed E-state index contributed by atoms with van der Waals surface area (Å²) in [6.07, 6.45) is 2.68. The maximum atomic E-state index is 12.2. The fraction of sp³-hybridized carbons (Fsp3) is 0.562. The van der Waals surface area contributed by atoms with Gasteiger partial charge in [-0.25, -0.2) is 9.78 Å². The van der Waals surface area contributed by atoms with Crippen LogP contribution in [0.2, 0.25) is 0 Å². The number of nitriles is 1. The molecule has 1 aromatic rings. The molecule has 23 heavy (non-hydrogen) atoms. The highest BCUT2D eigenvalue weighted by Gasteiger charge is 2.29. The molecule has 6 nitrogen and oxygen atoms in total. The Morgan fingerprint density at radius 1 is 1.52 bits per heavy atom. The molecule has 1 aliphatic heterocycles. The van der Waals surface area contributed by atoms with Crippen molar-refractivity contribution in [2.24, 2.45) is 0 Å². The number of pyridine rings is 1. The van der Waals surface area contributed by atoms with Gasteiger partial charge in [0, 0.05) is 17.2 Å². The molecule has 1 aromatic heterocycles. The fourth-order valence-corrected chi connectivity index (χ4v) is 2.61. The van der Waals surface area contributed by atoms with E-state index in [9.17, 15) is 4.79 Å². The van der Waals surface area contributed by atoms with Gasteiger partial charge >= 0.3 is 6.09 Å². The largest absolute Gasteiger partial charge is 0.485 e. The zero-order chi connectivity index (χ0) is 17.0. The van der Waals surface area contributed by atoms with Gasteiger partial charge in [0.05, 0.1) is 6.54 Å².